The molecule has 9 heteroatoms. The largest absolute Gasteiger partial charge is 0.494 e. The summed E-state index contributed by atoms with van der Waals surface area (Å²) in [5.41, 5.74) is 0.716. The Kier molecular flexibility index (Phi) is 9.09. The number of aliphatic hydroxyl groups excluding tert-OH is 1. The van der Waals surface area contributed by atoms with Gasteiger partial charge < -0.3 is 24.5 Å². The van der Waals surface area contributed by atoms with Crippen LogP contribution in [0.15, 0.2) is 49.6 Å². The lowest BCUT2D eigenvalue weighted by Gasteiger charge is -2.41. The molecule has 8 nitrogen and oxygen atoms in total. The van der Waals surface area contributed by atoms with E-state index in [-0.39, 0.29) is 36.9 Å². The molecule has 5 rings (SSSR count). The average molecular weight is 596 g/mol. The second-order valence-electron chi connectivity index (χ2n) is 12.2. The van der Waals surface area contributed by atoms with E-state index in [4.69, 9.17) is 4.74 Å². The van der Waals surface area contributed by atoms with E-state index in [0.717, 1.165) is 37.9 Å². The normalized spacial score (nSPS) is 30.2. The van der Waals surface area contributed by atoms with Crippen molar-refractivity contribution in [3.63, 3.8) is 0 Å². The number of hydrogen-bond donors (Lipinski definition) is 1. The minimum absolute atomic E-state index is 0.0644. The van der Waals surface area contributed by atoms with Gasteiger partial charge in [-0.25, -0.2) is 0 Å². The van der Waals surface area contributed by atoms with Crippen LogP contribution in [0.1, 0.15) is 58.8 Å². The highest BCUT2D eigenvalue weighted by Gasteiger charge is 2.77. The lowest BCUT2D eigenvalue weighted by Crippen LogP contribution is -2.57. The van der Waals surface area contributed by atoms with Gasteiger partial charge in [-0.1, -0.05) is 31.4 Å². The van der Waals surface area contributed by atoms with Crippen molar-refractivity contribution in [2.45, 2.75) is 80.4 Å². The number of carbonyl (C=O) groups is 3. The second kappa shape index (κ2) is 12.4. The molecule has 4 aliphatic rings. The Morgan fingerprint density at radius 3 is 2.40 bits per heavy atom. The fourth-order valence-corrected chi connectivity index (χ4v) is 10.4. The third-order valence-corrected chi connectivity index (χ3v) is 11.8. The predicted octanol–water partition coefficient (Wildman–Crippen LogP) is 4.43. The van der Waals surface area contributed by atoms with Crippen molar-refractivity contribution >= 4 is 35.2 Å². The third kappa shape index (κ3) is 5.06. The second-order valence-corrected chi connectivity index (χ2v) is 14.1. The van der Waals surface area contributed by atoms with Gasteiger partial charge in [-0.15, -0.1) is 24.9 Å². The van der Waals surface area contributed by atoms with E-state index >= 15 is 0 Å². The number of hydrogen-bond acceptors (Lipinski definition) is 6. The molecule has 42 heavy (non-hydrogen) atoms. The molecule has 2 bridgehead atoms. The highest BCUT2D eigenvalue weighted by molar-refractivity contribution is 8.02. The molecule has 5 atom stereocenters. The summed E-state index contributed by atoms with van der Waals surface area (Å²) in [5, 5.41) is 10.0. The van der Waals surface area contributed by atoms with Crippen molar-refractivity contribution < 1.29 is 24.2 Å². The minimum Gasteiger partial charge on any atom is -0.494 e. The van der Waals surface area contributed by atoms with Crippen molar-refractivity contribution in [2.75, 3.05) is 37.7 Å². The quantitative estimate of drug-likeness (QED) is 0.360. The number of ether oxygens (including phenoxy) is 1. The van der Waals surface area contributed by atoms with Crippen LogP contribution in [0.25, 0.3) is 0 Å². The summed E-state index contributed by atoms with van der Waals surface area (Å²) in [5.74, 6) is -0.892. The molecule has 2 unspecified atom stereocenters. The molecule has 1 aromatic rings. The number of rotatable bonds is 12. The molecule has 1 aromatic carbocycles. The van der Waals surface area contributed by atoms with Crippen LogP contribution in [-0.2, 0) is 14.4 Å². The van der Waals surface area contributed by atoms with Gasteiger partial charge in [0.25, 0.3) is 0 Å². The molecule has 3 heterocycles. The first kappa shape index (κ1) is 30.7. The van der Waals surface area contributed by atoms with Gasteiger partial charge >= 0.3 is 0 Å². The number of amides is 3. The number of thioether (sulfide) groups is 1. The zero-order valence-electron chi connectivity index (χ0n) is 25.0. The van der Waals surface area contributed by atoms with Crippen molar-refractivity contribution in [1.82, 2.24) is 9.80 Å². The summed E-state index contributed by atoms with van der Waals surface area (Å²) in [6.07, 6.45) is 10.1. The Bertz CT molecular complexity index is 1200. The summed E-state index contributed by atoms with van der Waals surface area (Å²) in [6.45, 7) is 13.0. The number of anilines is 1. The third-order valence-electron chi connectivity index (χ3n) is 9.78. The van der Waals surface area contributed by atoms with Gasteiger partial charge in [0, 0.05) is 36.1 Å². The highest BCUT2D eigenvalue weighted by Crippen LogP contribution is 2.71. The molecule has 0 radical (unpaired) electrons. The van der Waals surface area contributed by atoms with E-state index in [0.29, 0.717) is 31.8 Å². The molecular weight excluding hydrogens is 550 g/mol. The van der Waals surface area contributed by atoms with Gasteiger partial charge in [-0.3, -0.25) is 14.4 Å². The van der Waals surface area contributed by atoms with E-state index in [9.17, 15) is 19.5 Å². The molecule has 228 valence electrons. The van der Waals surface area contributed by atoms with Crippen LogP contribution < -0.4 is 9.64 Å². The lowest BCUT2D eigenvalue weighted by atomic mass is 9.66. The molecule has 1 saturated carbocycles. The molecule has 3 amide bonds. The smallest absolute Gasteiger partial charge is 0.247 e. The van der Waals surface area contributed by atoms with E-state index in [2.05, 4.69) is 20.1 Å². The summed E-state index contributed by atoms with van der Waals surface area (Å²) >= 11 is 1.67. The zero-order valence-corrected chi connectivity index (χ0v) is 25.8. The van der Waals surface area contributed by atoms with Gasteiger partial charge in [0.1, 0.15) is 11.8 Å². The highest BCUT2D eigenvalue weighted by atomic mass is 32.2. The van der Waals surface area contributed by atoms with Gasteiger partial charge in [-0.05, 0) is 63.8 Å². The zero-order chi connectivity index (χ0) is 30.1. The summed E-state index contributed by atoms with van der Waals surface area (Å²) in [7, 11) is 0. The summed E-state index contributed by atoms with van der Waals surface area (Å²) in [4.78, 5) is 48.7. The summed E-state index contributed by atoms with van der Waals surface area (Å²) < 4.78 is 4.39. The lowest BCUT2D eigenvalue weighted by molar-refractivity contribution is -0.144. The number of nitrogens with zero attached hydrogens (tertiary/aromatic N) is 3. The van der Waals surface area contributed by atoms with Crippen molar-refractivity contribution in [1.29, 1.82) is 0 Å². The Labute approximate surface area is 254 Å². The first-order valence-corrected chi connectivity index (χ1v) is 16.3. The first-order chi connectivity index (χ1) is 20.3. The Hall–Kier alpha value is -2.78. The van der Waals surface area contributed by atoms with Crippen molar-refractivity contribution in [3.8, 4) is 5.75 Å². The average Bonchev–Trinajstić information content (AvgIpc) is 3.56. The summed E-state index contributed by atoms with van der Waals surface area (Å²) in [6, 6.07) is 6.82. The topological polar surface area (TPSA) is 90.4 Å². The number of carbonyl (C=O) groups excluding carboxylic acids is 3. The Morgan fingerprint density at radius 1 is 1.10 bits per heavy atom. The maximum absolute atomic E-state index is 14.6. The number of benzene rings is 1. The SMILES string of the molecule is C=CCN(C(=O)[C@H]1[C@H]2C(=O)N(CCO)C(C(=O)N(CC=C)C3CCCCC3)C23CC[C@]1(C)S3)c1ccc(OCC)cc1. The van der Waals surface area contributed by atoms with E-state index in [1.165, 1.54) is 6.42 Å². The molecule has 3 saturated heterocycles. The van der Waals surface area contributed by atoms with Gasteiger partial charge in [0.05, 0.1) is 29.8 Å². The predicted molar refractivity (Wildman–Crippen MR) is 166 cm³/mol. The number of likely N-dealkylation sites (tertiary alicyclic amines) is 1. The standard InChI is InChI=1S/C33H45N3O5S/c1-5-19-34(24-13-15-25(16-14-24)41-7-3)29(38)26-27-30(39)36(21-22-37)28(33(27)18-17-32(26,4)42-33)31(40)35(20-6-2)23-11-9-8-10-12-23/h5-6,13-16,23,26-28,37H,1-2,7-12,17-22H2,3-4H3/t26-,27+,28?,32+,33?/m1/s1. The van der Waals surface area contributed by atoms with Crippen LogP contribution in [0.5, 0.6) is 5.75 Å². The van der Waals surface area contributed by atoms with Crippen molar-refractivity contribution in [2.24, 2.45) is 11.8 Å². The van der Waals surface area contributed by atoms with E-state index < -0.39 is 27.4 Å². The van der Waals surface area contributed by atoms with Crippen LogP contribution in [0.3, 0.4) is 0 Å². The van der Waals surface area contributed by atoms with Gasteiger partial charge in [0.2, 0.25) is 17.7 Å². The number of fused-ring (bicyclic) bond motifs is 1. The van der Waals surface area contributed by atoms with Crippen LogP contribution in [0, 0.1) is 11.8 Å². The van der Waals surface area contributed by atoms with Gasteiger partial charge in [-0.2, -0.15) is 0 Å². The monoisotopic (exact) mass is 595 g/mol. The maximum atomic E-state index is 14.6. The molecule has 1 aliphatic carbocycles. The van der Waals surface area contributed by atoms with Gasteiger partial charge in [0.15, 0.2) is 0 Å². The first-order valence-electron chi connectivity index (χ1n) is 15.4. The van der Waals surface area contributed by atoms with Crippen LogP contribution >= 0.6 is 11.8 Å². The minimum atomic E-state index is -0.717. The van der Waals surface area contributed by atoms with Crippen LogP contribution in [-0.4, -0.2) is 87.1 Å². The number of aliphatic hydroxyl groups is 1. The fraction of sp³-hybridized carbons (Fsp3) is 0.606. The molecule has 4 fully saturated rings. The fourth-order valence-electron chi connectivity index (χ4n) is 8.05. The van der Waals surface area contributed by atoms with Crippen LogP contribution in [0.2, 0.25) is 0 Å². The Morgan fingerprint density at radius 2 is 1.79 bits per heavy atom. The van der Waals surface area contributed by atoms with E-state index in [1.807, 2.05) is 36.1 Å². The maximum Gasteiger partial charge on any atom is 0.247 e. The molecule has 1 spiro atoms. The Balaban J connectivity index is 1.52. The molecular formula is C33H45N3O5S. The molecule has 1 N–H and O–H groups in total. The number of β-amino-alcohol motifs (C(OH)–C–C–N with tert-alkyl or cyclic N) is 1. The van der Waals surface area contributed by atoms with E-state index in [1.54, 1.807) is 33.7 Å². The van der Waals surface area contributed by atoms with Crippen LogP contribution in [0.4, 0.5) is 5.69 Å². The molecule has 0 aromatic heterocycles. The molecule has 3 aliphatic heterocycles. The van der Waals surface area contributed by atoms with Crippen molar-refractivity contribution in [3.05, 3.63) is 49.6 Å².